The van der Waals surface area contributed by atoms with Gasteiger partial charge in [-0.3, -0.25) is 9.78 Å². The number of hydrogen-bond acceptors (Lipinski definition) is 5. The van der Waals surface area contributed by atoms with Gasteiger partial charge in [0.05, 0.1) is 0 Å². The van der Waals surface area contributed by atoms with Crippen LogP contribution in [-0.2, 0) is 4.74 Å². The van der Waals surface area contributed by atoms with Crippen LogP contribution < -0.4 is 11.2 Å². The van der Waals surface area contributed by atoms with Gasteiger partial charge in [0, 0.05) is 0 Å². The summed E-state index contributed by atoms with van der Waals surface area (Å²) in [5.74, 6) is -2.05. The maximum absolute atomic E-state index is 11.0. The van der Waals surface area contributed by atoms with Crippen molar-refractivity contribution in [2.24, 2.45) is 0 Å². The molecular formula is C6H2N2O5. The molecule has 0 aliphatic carbocycles. The van der Waals surface area contributed by atoms with Gasteiger partial charge in [0.1, 0.15) is 5.69 Å². The highest BCUT2D eigenvalue weighted by molar-refractivity contribution is 6.13. The van der Waals surface area contributed by atoms with E-state index in [0.29, 0.717) is 0 Å². The number of aromatic amines is 2. The number of cyclic esters (lactones) is 2. The average Bonchev–Trinajstić information content (AvgIpc) is 2.27. The summed E-state index contributed by atoms with van der Waals surface area (Å²) in [6, 6.07) is 0. The van der Waals surface area contributed by atoms with Crippen LogP contribution in [-0.4, -0.2) is 21.9 Å². The fourth-order valence-electron chi connectivity index (χ4n) is 1.02. The summed E-state index contributed by atoms with van der Waals surface area (Å²) < 4.78 is 4.10. The van der Waals surface area contributed by atoms with Gasteiger partial charge in [-0.1, -0.05) is 0 Å². The van der Waals surface area contributed by atoms with Gasteiger partial charge in [0.15, 0.2) is 5.56 Å². The van der Waals surface area contributed by atoms with Gasteiger partial charge >= 0.3 is 17.6 Å². The van der Waals surface area contributed by atoms with E-state index in [2.05, 4.69) is 4.74 Å². The summed E-state index contributed by atoms with van der Waals surface area (Å²) >= 11 is 0. The zero-order chi connectivity index (χ0) is 9.59. The summed E-state index contributed by atoms with van der Waals surface area (Å²) in [6.07, 6.45) is 0. The number of aromatic nitrogens is 2. The second-order valence-corrected chi connectivity index (χ2v) is 2.34. The first-order chi connectivity index (χ1) is 6.09. The van der Waals surface area contributed by atoms with Crippen molar-refractivity contribution in [2.45, 2.75) is 0 Å². The Balaban J connectivity index is 2.93. The van der Waals surface area contributed by atoms with Gasteiger partial charge in [-0.2, -0.15) is 0 Å². The van der Waals surface area contributed by atoms with E-state index in [0.717, 1.165) is 0 Å². The molecule has 1 aliphatic rings. The van der Waals surface area contributed by atoms with Crippen LogP contribution in [0.5, 0.6) is 0 Å². The van der Waals surface area contributed by atoms with Crippen molar-refractivity contribution in [3.05, 3.63) is 32.1 Å². The van der Waals surface area contributed by atoms with E-state index < -0.39 is 34.4 Å². The SMILES string of the molecule is O=C1OC(=O)c2c1[nH]c(=O)[nH]c2=O. The van der Waals surface area contributed by atoms with Crippen LogP contribution in [0.3, 0.4) is 0 Å². The van der Waals surface area contributed by atoms with E-state index in [1.165, 1.54) is 0 Å². The monoisotopic (exact) mass is 182 g/mol. The van der Waals surface area contributed by atoms with Crippen LogP contribution in [0.4, 0.5) is 0 Å². The lowest BCUT2D eigenvalue weighted by atomic mass is 10.2. The highest BCUT2D eigenvalue weighted by atomic mass is 16.6. The molecular weight excluding hydrogens is 180 g/mol. The lowest BCUT2D eigenvalue weighted by Crippen LogP contribution is -2.27. The molecule has 0 saturated heterocycles. The number of carbonyl (C=O) groups excluding carboxylic acids is 2. The molecule has 1 aromatic heterocycles. The minimum atomic E-state index is -1.04. The Morgan fingerprint density at radius 1 is 0.923 bits per heavy atom. The molecule has 2 rings (SSSR count). The van der Waals surface area contributed by atoms with E-state index in [1.54, 1.807) is 4.98 Å². The van der Waals surface area contributed by atoms with E-state index >= 15 is 0 Å². The van der Waals surface area contributed by atoms with Gasteiger partial charge in [0.2, 0.25) is 0 Å². The van der Waals surface area contributed by atoms with Crippen molar-refractivity contribution in [3.8, 4) is 0 Å². The molecule has 0 unspecified atom stereocenters. The molecule has 0 bridgehead atoms. The summed E-state index contributed by atoms with van der Waals surface area (Å²) in [6.45, 7) is 0. The Kier molecular flexibility index (Phi) is 1.24. The quantitative estimate of drug-likeness (QED) is 0.370. The third-order valence-corrected chi connectivity index (χ3v) is 1.54. The van der Waals surface area contributed by atoms with Gasteiger partial charge in [-0.05, 0) is 0 Å². The van der Waals surface area contributed by atoms with Gasteiger partial charge in [-0.15, -0.1) is 0 Å². The first kappa shape index (κ1) is 7.47. The third kappa shape index (κ3) is 0.901. The molecule has 0 radical (unpaired) electrons. The second-order valence-electron chi connectivity index (χ2n) is 2.34. The smallest absolute Gasteiger partial charge is 0.363 e. The number of nitrogens with one attached hydrogen (secondary N) is 2. The molecule has 1 aliphatic heterocycles. The lowest BCUT2D eigenvalue weighted by molar-refractivity contribution is 0.0441. The molecule has 2 N–H and O–H groups in total. The normalized spacial score (nSPS) is 14.2. The first-order valence-corrected chi connectivity index (χ1v) is 3.22. The minimum absolute atomic E-state index is 0.390. The summed E-state index contributed by atoms with van der Waals surface area (Å²) in [5, 5.41) is 0. The van der Waals surface area contributed by atoms with E-state index in [4.69, 9.17) is 0 Å². The Hall–Kier alpha value is -2.18. The largest absolute Gasteiger partial charge is 0.384 e. The van der Waals surface area contributed by atoms with Crippen molar-refractivity contribution < 1.29 is 14.3 Å². The Labute approximate surface area is 69.4 Å². The summed E-state index contributed by atoms with van der Waals surface area (Å²) in [7, 11) is 0. The molecule has 66 valence electrons. The number of H-pyrrole nitrogens is 2. The molecule has 7 nitrogen and oxygen atoms in total. The predicted molar refractivity (Wildman–Crippen MR) is 37.4 cm³/mol. The number of ether oxygens (including phenoxy) is 1. The molecule has 0 atom stereocenters. The molecule has 0 spiro atoms. The van der Waals surface area contributed by atoms with Crippen molar-refractivity contribution >= 4 is 11.9 Å². The number of hydrogen-bond donors (Lipinski definition) is 2. The van der Waals surface area contributed by atoms with E-state index in [-0.39, 0.29) is 0 Å². The van der Waals surface area contributed by atoms with Crippen LogP contribution in [0, 0.1) is 0 Å². The van der Waals surface area contributed by atoms with Crippen molar-refractivity contribution in [3.63, 3.8) is 0 Å². The number of fused-ring (bicyclic) bond motifs is 1. The zero-order valence-electron chi connectivity index (χ0n) is 6.04. The number of esters is 2. The van der Waals surface area contributed by atoms with Crippen LogP contribution >= 0.6 is 0 Å². The Morgan fingerprint density at radius 3 is 2.31 bits per heavy atom. The molecule has 0 fully saturated rings. The highest BCUT2D eigenvalue weighted by Gasteiger charge is 2.33. The maximum atomic E-state index is 11.0. The van der Waals surface area contributed by atoms with Gasteiger partial charge in [-0.25, -0.2) is 14.4 Å². The lowest BCUT2D eigenvalue weighted by Gasteiger charge is -1.87. The maximum Gasteiger partial charge on any atom is 0.363 e. The molecule has 7 heteroatoms. The van der Waals surface area contributed by atoms with Crippen LogP contribution in [0.25, 0.3) is 0 Å². The van der Waals surface area contributed by atoms with E-state index in [9.17, 15) is 19.2 Å². The first-order valence-electron chi connectivity index (χ1n) is 3.22. The third-order valence-electron chi connectivity index (χ3n) is 1.54. The van der Waals surface area contributed by atoms with Crippen LogP contribution in [0.1, 0.15) is 20.8 Å². The zero-order valence-corrected chi connectivity index (χ0v) is 6.04. The number of carbonyl (C=O) groups is 2. The predicted octanol–water partition coefficient (Wildman–Crippen LogP) is -1.63. The van der Waals surface area contributed by atoms with Gasteiger partial charge < -0.3 is 9.72 Å². The fraction of sp³-hybridized carbons (Fsp3) is 0. The summed E-state index contributed by atoms with van der Waals surface area (Å²) in [4.78, 5) is 47.1. The second kappa shape index (κ2) is 2.16. The van der Waals surface area contributed by atoms with Crippen molar-refractivity contribution in [1.82, 2.24) is 9.97 Å². The molecule has 0 saturated carbocycles. The highest BCUT2D eigenvalue weighted by Crippen LogP contribution is 2.10. The Morgan fingerprint density at radius 2 is 1.62 bits per heavy atom. The molecule has 13 heavy (non-hydrogen) atoms. The number of rotatable bonds is 0. The Bertz CT molecular complexity index is 523. The molecule has 0 aromatic carbocycles. The van der Waals surface area contributed by atoms with Crippen molar-refractivity contribution in [1.29, 1.82) is 0 Å². The fourth-order valence-corrected chi connectivity index (χ4v) is 1.02. The van der Waals surface area contributed by atoms with E-state index in [1.807, 2.05) is 4.98 Å². The standard InChI is InChI=1S/C6H2N2O5/c9-3-1-2(7-6(12)8-3)5(11)13-4(1)10/h(H2,7,8,9,12). The molecule has 2 heterocycles. The molecule has 0 amide bonds. The van der Waals surface area contributed by atoms with Crippen molar-refractivity contribution in [2.75, 3.05) is 0 Å². The minimum Gasteiger partial charge on any atom is -0.384 e. The molecule has 1 aromatic rings. The summed E-state index contributed by atoms with van der Waals surface area (Å²) in [5.41, 5.74) is -2.62. The average molecular weight is 182 g/mol. The van der Waals surface area contributed by atoms with Crippen LogP contribution in [0.15, 0.2) is 9.59 Å². The topological polar surface area (TPSA) is 109 Å². The van der Waals surface area contributed by atoms with Gasteiger partial charge in [0.25, 0.3) is 5.56 Å². The van der Waals surface area contributed by atoms with Crippen LogP contribution in [0.2, 0.25) is 0 Å².